The second-order valence-corrected chi connectivity index (χ2v) is 4.35. The minimum Gasteiger partial charge on any atom is -0.493 e. The van der Waals surface area contributed by atoms with Gasteiger partial charge in [0, 0.05) is 18.5 Å². The van der Waals surface area contributed by atoms with E-state index < -0.39 is 0 Å². The molecule has 0 bridgehead atoms. The van der Waals surface area contributed by atoms with Crippen LogP contribution in [0.5, 0.6) is 5.75 Å². The average Bonchev–Trinajstić information content (AvgIpc) is 2.41. The van der Waals surface area contributed by atoms with Crippen LogP contribution < -0.4 is 10.5 Å². The minimum absolute atomic E-state index is 0.516. The molecule has 0 heterocycles. The molecular formula is C16H19NO. The summed E-state index contributed by atoms with van der Waals surface area (Å²) < 4.78 is 5.88. The summed E-state index contributed by atoms with van der Waals surface area (Å²) in [5.41, 5.74) is 9.23. The topological polar surface area (TPSA) is 35.2 Å². The maximum absolute atomic E-state index is 5.88. The fourth-order valence-electron chi connectivity index (χ4n) is 2.00. The first-order valence-corrected chi connectivity index (χ1v) is 6.26. The number of rotatable bonds is 5. The lowest BCUT2D eigenvalue weighted by molar-refractivity contribution is 0.316. The Morgan fingerprint density at radius 2 is 1.78 bits per heavy atom. The summed E-state index contributed by atoms with van der Waals surface area (Å²) in [6, 6.07) is 16.4. The second kappa shape index (κ2) is 6.22. The minimum atomic E-state index is 0.516. The molecule has 0 saturated heterocycles. The summed E-state index contributed by atoms with van der Waals surface area (Å²) in [7, 11) is 0. The smallest absolute Gasteiger partial charge is 0.126 e. The zero-order valence-corrected chi connectivity index (χ0v) is 10.7. The molecule has 2 nitrogen and oxygen atoms in total. The molecule has 0 amide bonds. The third-order valence-electron chi connectivity index (χ3n) is 2.99. The number of hydrogen-bond donors (Lipinski definition) is 1. The molecule has 0 radical (unpaired) electrons. The molecular weight excluding hydrogens is 222 g/mol. The van der Waals surface area contributed by atoms with Crippen molar-refractivity contribution < 1.29 is 4.74 Å². The molecule has 0 fully saturated rings. The van der Waals surface area contributed by atoms with Gasteiger partial charge in [-0.1, -0.05) is 48.5 Å². The van der Waals surface area contributed by atoms with Crippen LogP contribution in [-0.4, -0.2) is 6.61 Å². The monoisotopic (exact) mass is 241 g/mol. The molecule has 18 heavy (non-hydrogen) atoms. The van der Waals surface area contributed by atoms with Gasteiger partial charge in [-0.3, -0.25) is 0 Å². The van der Waals surface area contributed by atoms with Crippen molar-refractivity contribution in [2.24, 2.45) is 5.73 Å². The van der Waals surface area contributed by atoms with Crippen molar-refractivity contribution in [3.63, 3.8) is 0 Å². The van der Waals surface area contributed by atoms with E-state index in [4.69, 9.17) is 10.5 Å². The highest BCUT2D eigenvalue weighted by Gasteiger charge is 2.05. The number of para-hydroxylation sites is 1. The number of hydrogen-bond acceptors (Lipinski definition) is 2. The molecule has 2 N–H and O–H groups in total. The zero-order chi connectivity index (χ0) is 12.8. The third-order valence-corrected chi connectivity index (χ3v) is 2.99. The highest BCUT2D eigenvalue weighted by atomic mass is 16.5. The Kier molecular flexibility index (Phi) is 4.37. The van der Waals surface area contributed by atoms with Crippen LogP contribution >= 0.6 is 0 Å². The maximum atomic E-state index is 5.88. The van der Waals surface area contributed by atoms with Gasteiger partial charge in [-0.25, -0.2) is 0 Å². The van der Waals surface area contributed by atoms with Gasteiger partial charge in [0.25, 0.3) is 0 Å². The van der Waals surface area contributed by atoms with Crippen LogP contribution in [0.2, 0.25) is 0 Å². The van der Waals surface area contributed by atoms with Gasteiger partial charge in [0.1, 0.15) is 5.75 Å². The third kappa shape index (κ3) is 3.11. The summed E-state index contributed by atoms with van der Waals surface area (Å²) in [6.07, 6.45) is 0.916. The molecule has 0 aromatic heterocycles. The largest absolute Gasteiger partial charge is 0.493 e. The van der Waals surface area contributed by atoms with Crippen LogP contribution in [-0.2, 0) is 13.0 Å². The lowest BCUT2D eigenvalue weighted by Crippen LogP contribution is -2.07. The van der Waals surface area contributed by atoms with Gasteiger partial charge in [0.2, 0.25) is 0 Å². The van der Waals surface area contributed by atoms with Crippen molar-refractivity contribution in [2.75, 3.05) is 6.61 Å². The van der Waals surface area contributed by atoms with Gasteiger partial charge < -0.3 is 10.5 Å². The quantitative estimate of drug-likeness (QED) is 0.873. The number of aryl methyl sites for hydroxylation is 1. The summed E-state index contributed by atoms with van der Waals surface area (Å²) >= 11 is 0. The van der Waals surface area contributed by atoms with E-state index in [0.717, 1.165) is 23.3 Å². The Labute approximate surface area is 108 Å². The first-order chi connectivity index (χ1) is 8.81. The molecule has 2 aromatic rings. The number of benzene rings is 2. The first-order valence-electron chi connectivity index (χ1n) is 6.26. The molecule has 94 valence electrons. The van der Waals surface area contributed by atoms with Crippen LogP contribution in [0.25, 0.3) is 0 Å². The summed E-state index contributed by atoms with van der Waals surface area (Å²) in [5, 5.41) is 0. The fourth-order valence-corrected chi connectivity index (χ4v) is 2.00. The summed E-state index contributed by atoms with van der Waals surface area (Å²) in [5.74, 6) is 0.941. The molecule has 2 rings (SSSR count). The molecule has 0 spiro atoms. The first kappa shape index (κ1) is 12.7. The Morgan fingerprint density at radius 1 is 1.00 bits per heavy atom. The standard InChI is InChI=1S/C16H19NO/c1-13-6-5-9-15(12-17)16(13)18-11-10-14-7-3-2-4-8-14/h2-9H,10-12,17H2,1H3. The Morgan fingerprint density at radius 3 is 2.50 bits per heavy atom. The van der Waals surface area contributed by atoms with E-state index >= 15 is 0 Å². The van der Waals surface area contributed by atoms with Crippen LogP contribution in [0, 0.1) is 6.92 Å². The molecule has 2 heteroatoms. The Hall–Kier alpha value is -1.80. The SMILES string of the molecule is Cc1cccc(CN)c1OCCc1ccccc1. The van der Waals surface area contributed by atoms with Crippen molar-refractivity contribution in [1.82, 2.24) is 0 Å². The number of ether oxygens (including phenoxy) is 1. The lowest BCUT2D eigenvalue weighted by atomic mass is 10.1. The predicted octanol–water partition coefficient (Wildman–Crippen LogP) is 3.08. The van der Waals surface area contributed by atoms with Gasteiger partial charge in [0.05, 0.1) is 6.61 Å². The van der Waals surface area contributed by atoms with Gasteiger partial charge in [0.15, 0.2) is 0 Å². The van der Waals surface area contributed by atoms with Crippen molar-refractivity contribution in [2.45, 2.75) is 19.9 Å². The van der Waals surface area contributed by atoms with Crippen LogP contribution in [0.3, 0.4) is 0 Å². The zero-order valence-electron chi connectivity index (χ0n) is 10.7. The lowest BCUT2D eigenvalue weighted by Gasteiger charge is -2.13. The number of nitrogens with two attached hydrogens (primary N) is 1. The average molecular weight is 241 g/mol. The van der Waals surface area contributed by atoms with E-state index in [1.807, 2.05) is 18.2 Å². The Balaban J connectivity index is 1.98. The van der Waals surface area contributed by atoms with E-state index in [1.165, 1.54) is 5.56 Å². The molecule has 0 aliphatic heterocycles. The predicted molar refractivity (Wildman–Crippen MR) is 74.7 cm³/mol. The van der Waals surface area contributed by atoms with E-state index in [-0.39, 0.29) is 0 Å². The highest BCUT2D eigenvalue weighted by molar-refractivity contribution is 5.40. The van der Waals surface area contributed by atoms with E-state index in [0.29, 0.717) is 13.2 Å². The summed E-state index contributed by atoms with van der Waals surface area (Å²) in [4.78, 5) is 0. The van der Waals surface area contributed by atoms with E-state index in [2.05, 4.69) is 37.3 Å². The van der Waals surface area contributed by atoms with Crippen molar-refractivity contribution in [3.8, 4) is 5.75 Å². The van der Waals surface area contributed by atoms with Gasteiger partial charge in [-0.2, -0.15) is 0 Å². The normalized spacial score (nSPS) is 10.3. The van der Waals surface area contributed by atoms with Crippen molar-refractivity contribution in [3.05, 3.63) is 65.2 Å². The maximum Gasteiger partial charge on any atom is 0.126 e. The molecule has 0 atom stereocenters. The van der Waals surface area contributed by atoms with E-state index in [1.54, 1.807) is 0 Å². The molecule has 0 unspecified atom stereocenters. The van der Waals surface area contributed by atoms with Gasteiger partial charge >= 0.3 is 0 Å². The van der Waals surface area contributed by atoms with Gasteiger partial charge in [-0.05, 0) is 18.1 Å². The van der Waals surface area contributed by atoms with Gasteiger partial charge in [-0.15, -0.1) is 0 Å². The molecule has 0 aliphatic carbocycles. The van der Waals surface area contributed by atoms with Crippen LogP contribution in [0.4, 0.5) is 0 Å². The Bertz CT molecular complexity index is 494. The van der Waals surface area contributed by atoms with Crippen molar-refractivity contribution >= 4 is 0 Å². The fraction of sp³-hybridized carbons (Fsp3) is 0.250. The van der Waals surface area contributed by atoms with E-state index in [9.17, 15) is 0 Å². The molecule has 0 aliphatic rings. The van der Waals surface area contributed by atoms with Crippen molar-refractivity contribution in [1.29, 1.82) is 0 Å². The molecule has 2 aromatic carbocycles. The van der Waals surface area contributed by atoms with Crippen LogP contribution in [0.1, 0.15) is 16.7 Å². The highest BCUT2D eigenvalue weighted by Crippen LogP contribution is 2.23. The van der Waals surface area contributed by atoms with Crippen LogP contribution in [0.15, 0.2) is 48.5 Å². The summed E-state index contributed by atoms with van der Waals surface area (Å²) in [6.45, 7) is 3.25. The molecule has 0 saturated carbocycles. The second-order valence-electron chi connectivity index (χ2n) is 4.35.